The van der Waals surface area contributed by atoms with Crippen LogP contribution in [0.4, 0.5) is 0 Å². The van der Waals surface area contributed by atoms with Crippen molar-refractivity contribution in [1.29, 1.82) is 0 Å². The summed E-state index contributed by atoms with van der Waals surface area (Å²) in [6.07, 6.45) is 6.81. The molecule has 0 fully saturated rings. The molecule has 43 heavy (non-hydrogen) atoms. The Kier molecular flexibility index (Phi) is 10.4. The number of fused-ring (bicyclic) bond motifs is 1. The van der Waals surface area contributed by atoms with E-state index in [1.54, 1.807) is 4.90 Å². The molecule has 7 nitrogen and oxygen atoms in total. The molecular formula is C36H40N2O5. The number of carbonyl (C=O) groups is 3. The summed E-state index contributed by atoms with van der Waals surface area (Å²) in [5.41, 5.74) is 4.10. The Labute approximate surface area is 253 Å². The van der Waals surface area contributed by atoms with Crippen LogP contribution in [0, 0.1) is 11.8 Å². The minimum absolute atomic E-state index is 0.00344. The Hall–Kier alpha value is -4.23. The Balaban J connectivity index is 1.35. The fraction of sp³-hybridized carbons (Fsp3) is 0.361. The first-order valence-corrected chi connectivity index (χ1v) is 15.2. The van der Waals surface area contributed by atoms with Crippen LogP contribution >= 0.6 is 0 Å². The lowest BCUT2D eigenvalue weighted by atomic mass is 9.92. The van der Waals surface area contributed by atoms with Crippen LogP contribution in [-0.4, -0.2) is 47.0 Å². The minimum atomic E-state index is -0.608. The molecule has 2 N–H and O–H groups in total. The number of cyclic esters (lactones) is 1. The summed E-state index contributed by atoms with van der Waals surface area (Å²) in [4.78, 5) is 42.4. The molecular weight excluding hydrogens is 540 g/mol. The second-order valence-corrected chi connectivity index (χ2v) is 11.5. The number of allylic oxidation sites excluding steroid dienone is 2. The summed E-state index contributed by atoms with van der Waals surface area (Å²) >= 11 is 0. The summed E-state index contributed by atoms with van der Waals surface area (Å²) in [5, 5.41) is 13.2. The lowest BCUT2D eigenvalue weighted by Gasteiger charge is -2.36. The summed E-state index contributed by atoms with van der Waals surface area (Å²) in [7, 11) is 0. The minimum Gasteiger partial charge on any atom is -0.463 e. The second-order valence-electron chi connectivity index (χ2n) is 11.5. The third kappa shape index (κ3) is 7.99. The lowest BCUT2D eigenvalue weighted by Crippen LogP contribution is -2.47. The average molecular weight is 581 g/mol. The number of amides is 2. The van der Waals surface area contributed by atoms with Crippen LogP contribution in [0.25, 0.3) is 0 Å². The highest BCUT2D eigenvalue weighted by atomic mass is 16.5. The molecule has 2 heterocycles. The van der Waals surface area contributed by atoms with Gasteiger partial charge in [-0.15, -0.1) is 0 Å². The second kappa shape index (κ2) is 14.8. The molecule has 0 bridgehead atoms. The van der Waals surface area contributed by atoms with Crippen LogP contribution in [0.1, 0.15) is 54.0 Å². The van der Waals surface area contributed by atoms with E-state index in [-0.39, 0.29) is 49.4 Å². The topological polar surface area (TPSA) is 95.9 Å². The van der Waals surface area contributed by atoms with Crippen molar-refractivity contribution in [2.75, 3.05) is 13.2 Å². The van der Waals surface area contributed by atoms with Gasteiger partial charge < -0.3 is 20.1 Å². The van der Waals surface area contributed by atoms with Gasteiger partial charge in [0.1, 0.15) is 6.61 Å². The summed E-state index contributed by atoms with van der Waals surface area (Å²) < 4.78 is 5.85. The molecule has 224 valence electrons. The van der Waals surface area contributed by atoms with Crippen LogP contribution in [0.5, 0.6) is 0 Å². The number of aliphatic hydroxyl groups is 1. The van der Waals surface area contributed by atoms with Gasteiger partial charge in [-0.25, -0.2) is 0 Å². The summed E-state index contributed by atoms with van der Waals surface area (Å²) in [5.74, 6) is -1.62. The molecule has 0 aliphatic carbocycles. The summed E-state index contributed by atoms with van der Waals surface area (Å²) in [6, 6.07) is 26.5. The SMILES string of the molecule is O=C1N[C@H](c2ccccc2)COC(=O)[C@@H](Cc2ccccc2)CCC=CC[C@@H]1CC(=O)N1Cc2ccccc2C[C@H]1CO. The van der Waals surface area contributed by atoms with Crippen molar-refractivity contribution >= 4 is 17.8 Å². The number of ether oxygens (including phenoxy) is 1. The van der Waals surface area contributed by atoms with Gasteiger partial charge in [-0.05, 0) is 54.4 Å². The maximum absolute atomic E-state index is 13.7. The molecule has 0 radical (unpaired) electrons. The molecule has 0 aromatic heterocycles. The van der Waals surface area contributed by atoms with Crippen LogP contribution in [0.3, 0.4) is 0 Å². The zero-order valence-corrected chi connectivity index (χ0v) is 24.4. The molecule has 2 aliphatic heterocycles. The molecule has 0 unspecified atom stereocenters. The number of nitrogens with zero attached hydrogens (tertiary/aromatic N) is 1. The van der Waals surface area contributed by atoms with E-state index in [1.807, 2.05) is 97.1 Å². The van der Waals surface area contributed by atoms with Crippen molar-refractivity contribution in [3.63, 3.8) is 0 Å². The number of hydrogen-bond donors (Lipinski definition) is 2. The maximum Gasteiger partial charge on any atom is 0.309 e. The van der Waals surface area contributed by atoms with E-state index in [1.165, 1.54) is 0 Å². The Bertz CT molecular complexity index is 1410. The van der Waals surface area contributed by atoms with Crippen LogP contribution < -0.4 is 5.32 Å². The van der Waals surface area contributed by atoms with Gasteiger partial charge in [0.2, 0.25) is 11.8 Å². The van der Waals surface area contributed by atoms with Crippen LogP contribution in [0.2, 0.25) is 0 Å². The van der Waals surface area contributed by atoms with Gasteiger partial charge in [0.15, 0.2) is 0 Å². The molecule has 2 amide bonds. The monoisotopic (exact) mass is 580 g/mol. The van der Waals surface area contributed by atoms with E-state index in [9.17, 15) is 19.5 Å². The Morgan fingerprint density at radius 2 is 1.58 bits per heavy atom. The van der Waals surface area contributed by atoms with Gasteiger partial charge in [0.25, 0.3) is 0 Å². The van der Waals surface area contributed by atoms with Gasteiger partial charge in [-0.1, -0.05) is 97.1 Å². The molecule has 3 aromatic carbocycles. The van der Waals surface area contributed by atoms with E-state index in [2.05, 4.69) is 5.32 Å². The number of carbonyl (C=O) groups excluding carboxylic acids is 3. The zero-order valence-electron chi connectivity index (χ0n) is 24.4. The average Bonchev–Trinajstić information content (AvgIpc) is 3.05. The highest BCUT2D eigenvalue weighted by Crippen LogP contribution is 2.26. The highest BCUT2D eigenvalue weighted by molar-refractivity contribution is 5.86. The van der Waals surface area contributed by atoms with Crippen LogP contribution in [-0.2, 0) is 38.5 Å². The lowest BCUT2D eigenvalue weighted by molar-refractivity contribution is -0.150. The van der Waals surface area contributed by atoms with Crippen molar-refractivity contribution in [1.82, 2.24) is 10.2 Å². The maximum atomic E-state index is 13.7. The normalized spacial score (nSPS) is 23.1. The molecule has 2 aliphatic rings. The predicted octanol–water partition coefficient (Wildman–Crippen LogP) is 4.94. The Morgan fingerprint density at radius 3 is 2.33 bits per heavy atom. The first kappa shape index (κ1) is 30.2. The van der Waals surface area contributed by atoms with Crippen molar-refractivity contribution in [3.8, 4) is 0 Å². The number of aliphatic hydroxyl groups excluding tert-OH is 1. The van der Waals surface area contributed by atoms with Crippen molar-refractivity contribution < 1.29 is 24.2 Å². The summed E-state index contributed by atoms with van der Waals surface area (Å²) in [6.45, 7) is 0.279. The highest BCUT2D eigenvalue weighted by Gasteiger charge is 2.33. The van der Waals surface area contributed by atoms with E-state index in [0.29, 0.717) is 38.6 Å². The number of hydrogen-bond acceptors (Lipinski definition) is 5. The van der Waals surface area contributed by atoms with Crippen LogP contribution in [0.15, 0.2) is 97.1 Å². The fourth-order valence-electron chi connectivity index (χ4n) is 6.01. The molecule has 3 aromatic rings. The zero-order chi connectivity index (χ0) is 30.0. The predicted molar refractivity (Wildman–Crippen MR) is 165 cm³/mol. The van der Waals surface area contributed by atoms with Crippen molar-refractivity contribution in [2.45, 2.75) is 57.2 Å². The molecule has 5 rings (SSSR count). The molecule has 4 atom stereocenters. The Morgan fingerprint density at radius 1 is 0.884 bits per heavy atom. The van der Waals surface area contributed by atoms with E-state index in [4.69, 9.17) is 4.74 Å². The van der Waals surface area contributed by atoms with Crippen molar-refractivity contribution in [3.05, 3.63) is 119 Å². The van der Waals surface area contributed by atoms with E-state index < -0.39 is 12.0 Å². The standard InChI is InChI=1S/C36H40N2O5/c39-24-32-21-28-16-10-11-19-31(28)23-38(32)34(40)22-29-17-8-3-9-18-30(20-26-12-4-1-5-13-26)36(42)43-25-33(37-35(29)41)27-14-6-2-7-15-27/h1-8,10-16,19,29-30,32-33,39H,9,17-18,20-25H2,(H,37,41)/t29-,30-,32+,33+/m1/s1. The smallest absolute Gasteiger partial charge is 0.309 e. The largest absolute Gasteiger partial charge is 0.463 e. The fourth-order valence-corrected chi connectivity index (χ4v) is 6.01. The number of esters is 1. The van der Waals surface area contributed by atoms with Gasteiger partial charge in [-0.3, -0.25) is 14.4 Å². The van der Waals surface area contributed by atoms with Crippen molar-refractivity contribution in [2.24, 2.45) is 11.8 Å². The van der Waals surface area contributed by atoms with Gasteiger partial charge in [0.05, 0.1) is 30.5 Å². The third-order valence-electron chi connectivity index (χ3n) is 8.52. The number of nitrogens with one attached hydrogen (secondary N) is 1. The first-order chi connectivity index (χ1) is 21.0. The van der Waals surface area contributed by atoms with Gasteiger partial charge in [-0.2, -0.15) is 0 Å². The quantitative estimate of drug-likeness (QED) is 0.318. The molecule has 0 saturated heterocycles. The molecule has 7 heteroatoms. The first-order valence-electron chi connectivity index (χ1n) is 15.2. The third-order valence-corrected chi connectivity index (χ3v) is 8.52. The van der Waals surface area contributed by atoms with Gasteiger partial charge >= 0.3 is 5.97 Å². The van der Waals surface area contributed by atoms with E-state index in [0.717, 1.165) is 22.3 Å². The van der Waals surface area contributed by atoms with Gasteiger partial charge in [0, 0.05) is 13.0 Å². The van der Waals surface area contributed by atoms with E-state index >= 15 is 0 Å². The number of rotatable bonds is 6. The molecule has 0 saturated carbocycles. The molecule has 0 spiro atoms. The number of benzene rings is 3.